The quantitative estimate of drug-likeness (QED) is 0.110. The molecule has 0 aromatic rings. The Hall–Kier alpha value is -3.26. The van der Waals surface area contributed by atoms with Crippen molar-refractivity contribution in [3.63, 3.8) is 0 Å². The molecule has 3 atom stereocenters. The lowest BCUT2D eigenvalue weighted by atomic mass is 10.1. The molecule has 3 unspecified atom stereocenters. The Labute approximate surface area is 177 Å². The molecule has 0 aromatic carbocycles. The number of hydrogen-bond donors (Lipinski definition) is 8. The van der Waals surface area contributed by atoms with E-state index in [0.29, 0.717) is 19.4 Å². The van der Waals surface area contributed by atoms with Crippen LogP contribution in [-0.4, -0.2) is 82.2 Å². The van der Waals surface area contributed by atoms with Crippen molar-refractivity contribution < 1.29 is 44.1 Å². The molecule has 0 radical (unpaired) electrons. The van der Waals surface area contributed by atoms with Gasteiger partial charge < -0.3 is 42.7 Å². The fraction of sp³-hybridized carbons (Fsp3) is 0.647. The van der Waals surface area contributed by atoms with Crippen LogP contribution in [0.25, 0.3) is 0 Å². The molecule has 0 aliphatic rings. The first-order chi connectivity index (χ1) is 14.5. The smallest absolute Gasteiger partial charge is 0.326 e. The largest absolute Gasteiger partial charge is 0.481 e. The first kappa shape index (κ1) is 27.7. The summed E-state index contributed by atoms with van der Waals surface area (Å²) < 4.78 is 0. The molecule has 0 aliphatic carbocycles. The number of unbranched alkanes of at least 4 members (excludes halogenated alkanes) is 1. The fourth-order valence-corrected chi connectivity index (χ4v) is 2.36. The molecule has 0 aliphatic heterocycles. The van der Waals surface area contributed by atoms with Gasteiger partial charge in [-0.3, -0.25) is 24.0 Å². The summed E-state index contributed by atoms with van der Waals surface area (Å²) in [5.41, 5.74) is 11.0. The highest BCUT2D eigenvalue weighted by Gasteiger charge is 2.26. The van der Waals surface area contributed by atoms with Gasteiger partial charge in [0, 0.05) is 6.42 Å². The van der Waals surface area contributed by atoms with Crippen LogP contribution in [0.4, 0.5) is 0 Å². The highest BCUT2D eigenvalue weighted by Crippen LogP contribution is 2.03. The molecule has 14 heteroatoms. The second-order valence-corrected chi connectivity index (χ2v) is 6.66. The second-order valence-electron chi connectivity index (χ2n) is 6.66. The van der Waals surface area contributed by atoms with Crippen LogP contribution in [0.1, 0.15) is 38.5 Å². The molecule has 3 amide bonds. The molecule has 0 saturated heterocycles. The highest BCUT2D eigenvalue weighted by molar-refractivity contribution is 5.93. The molecular formula is C17H29N5O9. The molecular weight excluding hydrogens is 418 g/mol. The van der Waals surface area contributed by atoms with Crippen molar-refractivity contribution in [2.75, 3.05) is 13.1 Å². The average Bonchev–Trinajstić information content (AvgIpc) is 2.68. The van der Waals surface area contributed by atoms with Crippen LogP contribution in [0.2, 0.25) is 0 Å². The van der Waals surface area contributed by atoms with Crippen molar-refractivity contribution >= 4 is 35.6 Å². The van der Waals surface area contributed by atoms with Crippen molar-refractivity contribution in [1.29, 1.82) is 0 Å². The molecule has 0 rings (SSSR count). The van der Waals surface area contributed by atoms with Gasteiger partial charge in [0.15, 0.2) is 0 Å². The maximum absolute atomic E-state index is 12.4. The van der Waals surface area contributed by atoms with Gasteiger partial charge in [0.1, 0.15) is 12.1 Å². The van der Waals surface area contributed by atoms with E-state index in [1.165, 1.54) is 0 Å². The zero-order chi connectivity index (χ0) is 24.0. The third-order valence-corrected chi connectivity index (χ3v) is 4.02. The van der Waals surface area contributed by atoms with E-state index in [9.17, 15) is 28.8 Å². The summed E-state index contributed by atoms with van der Waals surface area (Å²) in [5, 5.41) is 32.8. The standard InChI is InChI=1S/C17H29N5O9/c18-6-2-1-3-10(22-15(28)9(19)4-5-13(24)25)16(29)20-8-12(23)21-11(17(30)31)7-14(26)27/h9-11H,1-8,18-19H2,(H,20,29)(H,21,23)(H,22,28)(H,24,25)(H,26,27)(H,30,31). The van der Waals surface area contributed by atoms with E-state index in [-0.39, 0.29) is 19.3 Å². The first-order valence-corrected chi connectivity index (χ1v) is 9.47. The van der Waals surface area contributed by atoms with Crippen LogP contribution in [0.15, 0.2) is 0 Å². The van der Waals surface area contributed by atoms with Crippen LogP contribution in [0.5, 0.6) is 0 Å². The minimum atomic E-state index is -1.67. The summed E-state index contributed by atoms with van der Waals surface area (Å²) in [6.07, 6.45) is -0.133. The molecule has 176 valence electrons. The molecule has 0 bridgehead atoms. The van der Waals surface area contributed by atoms with Crippen LogP contribution in [-0.2, 0) is 28.8 Å². The number of amides is 3. The number of carbonyl (C=O) groups excluding carboxylic acids is 3. The second kappa shape index (κ2) is 14.7. The Morgan fingerprint density at radius 3 is 1.97 bits per heavy atom. The third-order valence-electron chi connectivity index (χ3n) is 4.02. The van der Waals surface area contributed by atoms with E-state index in [1.54, 1.807) is 0 Å². The van der Waals surface area contributed by atoms with Crippen molar-refractivity contribution in [1.82, 2.24) is 16.0 Å². The van der Waals surface area contributed by atoms with E-state index in [4.69, 9.17) is 26.8 Å². The van der Waals surface area contributed by atoms with E-state index >= 15 is 0 Å². The number of rotatable bonds is 16. The minimum absolute atomic E-state index is 0.138. The number of carbonyl (C=O) groups is 6. The average molecular weight is 447 g/mol. The summed E-state index contributed by atoms with van der Waals surface area (Å²) in [6, 6.07) is -3.91. The van der Waals surface area contributed by atoms with Gasteiger partial charge >= 0.3 is 17.9 Å². The normalized spacial score (nSPS) is 13.4. The summed E-state index contributed by atoms with van der Waals surface area (Å²) in [7, 11) is 0. The number of aliphatic carboxylic acids is 3. The minimum Gasteiger partial charge on any atom is -0.481 e. The van der Waals surface area contributed by atoms with Gasteiger partial charge in [-0.1, -0.05) is 0 Å². The molecule has 31 heavy (non-hydrogen) atoms. The number of nitrogens with two attached hydrogens (primary N) is 2. The summed E-state index contributed by atoms with van der Waals surface area (Å²) >= 11 is 0. The zero-order valence-electron chi connectivity index (χ0n) is 16.8. The van der Waals surface area contributed by atoms with Gasteiger partial charge in [-0.25, -0.2) is 4.79 Å². The number of carboxylic acid groups (broad SMARTS) is 3. The van der Waals surface area contributed by atoms with E-state index < -0.39 is 66.7 Å². The van der Waals surface area contributed by atoms with Crippen molar-refractivity contribution in [2.24, 2.45) is 11.5 Å². The number of carboxylic acids is 3. The van der Waals surface area contributed by atoms with E-state index in [0.717, 1.165) is 0 Å². The zero-order valence-corrected chi connectivity index (χ0v) is 16.8. The lowest BCUT2D eigenvalue weighted by molar-refractivity contribution is -0.147. The van der Waals surface area contributed by atoms with Crippen LogP contribution in [0.3, 0.4) is 0 Å². The molecule has 0 fully saturated rings. The topological polar surface area (TPSA) is 251 Å². The van der Waals surface area contributed by atoms with Crippen molar-refractivity contribution in [3.8, 4) is 0 Å². The third kappa shape index (κ3) is 12.8. The first-order valence-electron chi connectivity index (χ1n) is 9.47. The maximum atomic E-state index is 12.4. The van der Waals surface area contributed by atoms with Gasteiger partial charge in [0.05, 0.1) is 19.0 Å². The van der Waals surface area contributed by atoms with E-state index in [2.05, 4.69) is 10.6 Å². The molecule has 14 nitrogen and oxygen atoms in total. The lowest BCUT2D eigenvalue weighted by Crippen LogP contribution is -2.53. The van der Waals surface area contributed by atoms with Gasteiger partial charge in [-0.2, -0.15) is 0 Å². The number of nitrogens with one attached hydrogen (secondary N) is 3. The summed E-state index contributed by atoms with van der Waals surface area (Å²) in [6.45, 7) is -0.306. The Morgan fingerprint density at radius 2 is 1.45 bits per heavy atom. The Bertz CT molecular complexity index is 670. The predicted octanol–water partition coefficient (Wildman–Crippen LogP) is -3.05. The predicted molar refractivity (Wildman–Crippen MR) is 105 cm³/mol. The van der Waals surface area contributed by atoms with Crippen molar-refractivity contribution in [3.05, 3.63) is 0 Å². The van der Waals surface area contributed by atoms with Crippen LogP contribution >= 0.6 is 0 Å². The monoisotopic (exact) mass is 447 g/mol. The molecule has 0 heterocycles. The maximum Gasteiger partial charge on any atom is 0.326 e. The fourth-order valence-electron chi connectivity index (χ4n) is 2.36. The van der Waals surface area contributed by atoms with Gasteiger partial charge in [-0.05, 0) is 32.2 Å². The molecule has 0 aromatic heterocycles. The van der Waals surface area contributed by atoms with Crippen LogP contribution in [0, 0.1) is 0 Å². The van der Waals surface area contributed by atoms with Crippen LogP contribution < -0.4 is 27.4 Å². The number of hydrogen-bond acceptors (Lipinski definition) is 8. The highest BCUT2D eigenvalue weighted by atomic mass is 16.4. The molecule has 10 N–H and O–H groups in total. The lowest BCUT2D eigenvalue weighted by Gasteiger charge is -2.21. The molecule has 0 saturated carbocycles. The van der Waals surface area contributed by atoms with Gasteiger partial charge in [0.2, 0.25) is 17.7 Å². The van der Waals surface area contributed by atoms with Crippen molar-refractivity contribution in [2.45, 2.75) is 56.7 Å². The molecule has 0 spiro atoms. The van der Waals surface area contributed by atoms with Gasteiger partial charge in [-0.15, -0.1) is 0 Å². The van der Waals surface area contributed by atoms with E-state index in [1.807, 2.05) is 5.32 Å². The Kier molecular flexibility index (Phi) is 13.1. The SMILES string of the molecule is NCCCCC(NC(=O)C(N)CCC(=O)O)C(=O)NCC(=O)NC(CC(=O)O)C(=O)O. The summed E-state index contributed by atoms with van der Waals surface area (Å²) in [4.78, 5) is 68.6. The Morgan fingerprint density at radius 1 is 0.806 bits per heavy atom. The van der Waals surface area contributed by atoms with Gasteiger partial charge in [0.25, 0.3) is 0 Å². The summed E-state index contributed by atoms with van der Waals surface area (Å²) in [5.74, 6) is -6.55. The Balaban J connectivity index is 4.87.